The van der Waals surface area contributed by atoms with Gasteiger partial charge in [0.2, 0.25) is 0 Å². The van der Waals surface area contributed by atoms with Gasteiger partial charge in [0.1, 0.15) is 21.1 Å². The number of nitrogens with zero attached hydrogens (tertiary/aromatic N) is 4. The number of rotatable bonds is 7. The van der Waals surface area contributed by atoms with Gasteiger partial charge in [-0.15, -0.1) is 11.8 Å². The summed E-state index contributed by atoms with van der Waals surface area (Å²) in [5.41, 5.74) is 1.73. The fourth-order valence-corrected chi connectivity index (χ4v) is 3.35. The molecule has 0 aliphatic carbocycles. The average Bonchev–Trinajstić information content (AvgIpc) is 2.98. The monoisotopic (exact) mass is 464 g/mol. The van der Waals surface area contributed by atoms with E-state index in [1.807, 2.05) is 11.3 Å². The van der Waals surface area contributed by atoms with Gasteiger partial charge in [0.25, 0.3) is 0 Å². The highest BCUT2D eigenvalue weighted by Crippen LogP contribution is 2.32. The van der Waals surface area contributed by atoms with Crippen molar-refractivity contribution < 1.29 is 22.3 Å². The van der Waals surface area contributed by atoms with Crippen LogP contribution >= 0.6 is 27.7 Å². The van der Waals surface area contributed by atoms with E-state index in [4.69, 9.17) is 4.74 Å². The van der Waals surface area contributed by atoms with Crippen molar-refractivity contribution in [2.45, 2.75) is 24.3 Å². The lowest BCUT2D eigenvalue weighted by Crippen LogP contribution is -2.33. The van der Waals surface area contributed by atoms with E-state index in [2.05, 4.69) is 30.9 Å². The number of thioether (sulfide) groups is 1. The van der Waals surface area contributed by atoms with Crippen LogP contribution in [0.4, 0.5) is 17.6 Å². The minimum atomic E-state index is -4.22. The zero-order valence-electron chi connectivity index (χ0n) is 13.9. The summed E-state index contributed by atoms with van der Waals surface area (Å²) in [7, 11) is 0. The van der Waals surface area contributed by atoms with E-state index in [0.29, 0.717) is 21.6 Å². The first-order chi connectivity index (χ1) is 12.8. The highest BCUT2D eigenvalue weighted by Gasteiger charge is 2.41. The lowest BCUT2D eigenvalue weighted by atomic mass is 10.3. The number of alkyl halides is 4. The molecule has 0 saturated heterocycles. The smallest absolute Gasteiger partial charge is 0.340 e. The molecule has 0 aliphatic rings. The Balaban J connectivity index is 1.88. The number of fused-ring (bicyclic) bond motifs is 1. The van der Waals surface area contributed by atoms with Crippen LogP contribution in [0.15, 0.2) is 40.4 Å². The van der Waals surface area contributed by atoms with Gasteiger partial charge in [0.15, 0.2) is 12.3 Å². The third-order valence-corrected chi connectivity index (χ3v) is 4.81. The molecule has 3 heterocycles. The standard InChI is InChI=1S/C16H13BrF4N4OS/c1-2-27-14-13(24-12-6-23-11(17)7-25(12)14)10-4-3-9(5-22-10)26-8-16(20,21)15(18)19/h3-7,15H,2,8H2,1H3. The van der Waals surface area contributed by atoms with Crippen LogP contribution in [0, 0.1) is 0 Å². The SMILES string of the molecule is CCSc1c(-c2ccc(OCC(F)(F)C(F)F)cn2)nc2cnc(Br)cn12. The summed E-state index contributed by atoms with van der Waals surface area (Å²) >= 11 is 4.88. The summed E-state index contributed by atoms with van der Waals surface area (Å²) in [5.74, 6) is -3.45. The molecule has 0 saturated carbocycles. The molecule has 27 heavy (non-hydrogen) atoms. The second-order valence-corrected chi connectivity index (χ2v) is 7.43. The number of hydrogen-bond acceptors (Lipinski definition) is 5. The van der Waals surface area contributed by atoms with Crippen LogP contribution in [0.2, 0.25) is 0 Å². The van der Waals surface area contributed by atoms with Gasteiger partial charge in [0.05, 0.1) is 18.1 Å². The second kappa shape index (κ2) is 8.01. The largest absolute Gasteiger partial charge is 0.485 e. The Bertz CT molecular complexity index is 936. The summed E-state index contributed by atoms with van der Waals surface area (Å²) in [6.07, 6.45) is 0.810. The highest BCUT2D eigenvalue weighted by atomic mass is 79.9. The zero-order chi connectivity index (χ0) is 19.6. The van der Waals surface area contributed by atoms with Gasteiger partial charge in [-0.2, -0.15) is 8.78 Å². The van der Waals surface area contributed by atoms with Crippen molar-refractivity contribution in [2.24, 2.45) is 0 Å². The van der Waals surface area contributed by atoms with Crippen LogP contribution in [-0.4, -0.2) is 44.1 Å². The van der Waals surface area contributed by atoms with Gasteiger partial charge in [-0.05, 0) is 33.8 Å². The molecule has 11 heteroatoms. The quantitative estimate of drug-likeness (QED) is 0.366. The van der Waals surface area contributed by atoms with Gasteiger partial charge in [-0.3, -0.25) is 9.38 Å². The Kier molecular flexibility index (Phi) is 5.89. The van der Waals surface area contributed by atoms with E-state index in [1.165, 1.54) is 12.3 Å². The van der Waals surface area contributed by atoms with E-state index in [9.17, 15) is 17.6 Å². The fraction of sp³-hybridized carbons (Fsp3) is 0.312. The van der Waals surface area contributed by atoms with Gasteiger partial charge in [0, 0.05) is 6.20 Å². The normalized spacial score (nSPS) is 12.1. The minimum absolute atomic E-state index is 0.0306. The summed E-state index contributed by atoms with van der Waals surface area (Å²) in [6, 6.07) is 2.93. The summed E-state index contributed by atoms with van der Waals surface area (Å²) in [6.45, 7) is 0.578. The maximum absolute atomic E-state index is 12.9. The summed E-state index contributed by atoms with van der Waals surface area (Å²) in [4.78, 5) is 12.8. The number of hydrogen-bond donors (Lipinski definition) is 0. The molecule has 3 aromatic rings. The average molecular weight is 465 g/mol. The van der Waals surface area contributed by atoms with Crippen molar-refractivity contribution in [3.05, 3.63) is 35.3 Å². The Hall–Kier alpha value is -1.88. The molecular formula is C16H13BrF4N4OS. The van der Waals surface area contributed by atoms with E-state index < -0.39 is 19.0 Å². The van der Waals surface area contributed by atoms with Crippen molar-refractivity contribution in [3.63, 3.8) is 0 Å². The number of aromatic nitrogens is 4. The molecule has 0 bridgehead atoms. The van der Waals surface area contributed by atoms with Gasteiger partial charge < -0.3 is 4.74 Å². The van der Waals surface area contributed by atoms with Crippen molar-refractivity contribution in [1.82, 2.24) is 19.4 Å². The van der Waals surface area contributed by atoms with Crippen LogP contribution < -0.4 is 4.74 Å². The fourth-order valence-electron chi connectivity index (χ4n) is 2.20. The van der Waals surface area contributed by atoms with Crippen molar-refractivity contribution in [1.29, 1.82) is 0 Å². The molecule has 0 unspecified atom stereocenters. The molecule has 0 spiro atoms. The van der Waals surface area contributed by atoms with Crippen LogP contribution in [0.25, 0.3) is 17.0 Å². The number of ether oxygens (including phenoxy) is 1. The van der Waals surface area contributed by atoms with E-state index in [-0.39, 0.29) is 5.75 Å². The van der Waals surface area contributed by atoms with Crippen molar-refractivity contribution in [2.75, 3.05) is 12.4 Å². The van der Waals surface area contributed by atoms with Crippen LogP contribution in [0.1, 0.15) is 6.92 Å². The third-order valence-electron chi connectivity index (χ3n) is 3.44. The molecule has 144 valence electrons. The topological polar surface area (TPSA) is 52.3 Å². The molecule has 0 amide bonds. The predicted octanol–water partition coefficient (Wildman–Crippen LogP) is 4.95. The Morgan fingerprint density at radius 3 is 2.67 bits per heavy atom. The first kappa shape index (κ1) is 19.9. The highest BCUT2D eigenvalue weighted by molar-refractivity contribution is 9.10. The summed E-state index contributed by atoms with van der Waals surface area (Å²) in [5, 5.41) is 0.848. The van der Waals surface area contributed by atoms with E-state index >= 15 is 0 Å². The maximum atomic E-state index is 12.9. The number of pyridine rings is 1. The molecule has 0 aromatic carbocycles. The Morgan fingerprint density at radius 2 is 2.04 bits per heavy atom. The molecule has 0 atom stereocenters. The van der Waals surface area contributed by atoms with E-state index in [0.717, 1.165) is 10.8 Å². The summed E-state index contributed by atoms with van der Waals surface area (Å²) < 4.78 is 57.5. The lowest BCUT2D eigenvalue weighted by Gasteiger charge is -2.15. The first-order valence-corrected chi connectivity index (χ1v) is 9.51. The first-order valence-electron chi connectivity index (χ1n) is 7.73. The molecule has 0 fully saturated rings. The Labute approximate surface area is 164 Å². The van der Waals surface area contributed by atoms with Crippen LogP contribution in [-0.2, 0) is 0 Å². The predicted molar refractivity (Wildman–Crippen MR) is 96.8 cm³/mol. The van der Waals surface area contributed by atoms with Gasteiger partial charge in [-0.1, -0.05) is 6.92 Å². The molecule has 3 aromatic heterocycles. The van der Waals surface area contributed by atoms with E-state index in [1.54, 1.807) is 30.2 Å². The number of imidazole rings is 1. The molecule has 0 aliphatic heterocycles. The van der Waals surface area contributed by atoms with Gasteiger partial charge >= 0.3 is 12.3 Å². The van der Waals surface area contributed by atoms with Crippen molar-refractivity contribution >= 4 is 33.3 Å². The number of halogens is 5. The molecule has 3 rings (SSSR count). The van der Waals surface area contributed by atoms with Crippen LogP contribution in [0.5, 0.6) is 5.75 Å². The lowest BCUT2D eigenvalue weighted by molar-refractivity contribution is -0.148. The third kappa shape index (κ3) is 4.34. The Morgan fingerprint density at radius 1 is 1.26 bits per heavy atom. The molecule has 0 radical (unpaired) electrons. The molecule has 5 nitrogen and oxygen atoms in total. The maximum Gasteiger partial charge on any atom is 0.340 e. The van der Waals surface area contributed by atoms with Crippen molar-refractivity contribution in [3.8, 4) is 17.1 Å². The zero-order valence-corrected chi connectivity index (χ0v) is 16.3. The second-order valence-electron chi connectivity index (χ2n) is 5.37. The molecular weight excluding hydrogens is 452 g/mol. The van der Waals surface area contributed by atoms with Crippen LogP contribution in [0.3, 0.4) is 0 Å². The molecule has 0 N–H and O–H groups in total. The minimum Gasteiger partial charge on any atom is -0.485 e. The van der Waals surface area contributed by atoms with Gasteiger partial charge in [-0.25, -0.2) is 18.7 Å².